The van der Waals surface area contributed by atoms with Crippen molar-refractivity contribution in [3.63, 3.8) is 0 Å². The molecule has 0 saturated carbocycles. The zero-order chi connectivity index (χ0) is 28.9. The first kappa shape index (κ1) is 29.8. The molecule has 208 valence electrons. The van der Waals surface area contributed by atoms with Crippen LogP contribution in [-0.4, -0.2) is 28.0 Å². The standard InChI is InChI=1S/C28H22Cl4N2O5S/c1-38-21-7-9-22(10-8-21)40(36,37)28-26(31)23(14-24(27(28)32)39-16-17-5-3-2-4-6-17)33-15-25(35)34-20-12-18(29)11-19(30)13-20/h2-14,33H,15-16H2,1H3,(H,34,35). The highest BCUT2D eigenvalue weighted by molar-refractivity contribution is 7.91. The minimum atomic E-state index is -4.22. The quantitative estimate of drug-likeness (QED) is 0.184. The molecular weight excluding hydrogens is 618 g/mol. The van der Waals surface area contributed by atoms with Gasteiger partial charge in [0.15, 0.2) is 0 Å². The Bertz CT molecular complexity index is 1610. The summed E-state index contributed by atoms with van der Waals surface area (Å²) in [6.45, 7) is -0.161. The molecule has 0 aromatic heterocycles. The van der Waals surface area contributed by atoms with Crippen LogP contribution in [-0.2, 0) is 21.2 Å². The van der Waals surface area contributed by atoms with E-state index in [1.807, 2.05) is 30.3 Å². The summed E-state index contributed by atoms with van der Waals surface area (Å²) in [6, 6.07) is 21.1. The Morgan fingerprint density at radius 1 is 0.850 bits per heavy atom. The summed E-state index contributed by atoms with van der Waals surface area (Å²) < 4.78 is 38.4. The molecule has 0 saturated heterocycles. The highest BCUT2D eigenvalue weighted by Gasteiger charge is 2.29. The van der Waals surface area contributed by atoms with Crippen LogP contribution in [0.3, 0.4) is 0 Å². The van der Waals surface area contributed by atoms with Crippen molar-refractivity contribution < 1.29 is 22.7 Å². The molecule has 0 spiro atoms. The molecule has 0 heterocycles. The number of carbonyl (C=O) groups excluding carboxylic acids is 1. The topological polar surface area (TPSA) is 93.7 Å². The summed E-state index contributed by atoms with van der Waals surface area (Å²) in [5, 5.41) is 5.85. The van der Waals surface area contributed by atoms with Gasteiger partial charge in [-0.1, -0.05) is 76.7 Å². The average Bonchev–Trinajstić information content (AvgIpc) is 2.92. The van der Waals surface area contributed by atoms with E-state index in [4.69, 9.17) is 55.9 Å². The van der Waals surface area contributed by atoms with Crippen LogP contribution in [0.4, 0.5) is 11.4 Å². The van der Waals surface area contributed by atoms with E-state index < -0.39 is 15.7 Å². The third-order valence-corrected chi connectivity index (χ3v) is 8.86. The van der Waals surface area contributed by atoms with Crippen LogP contribution in [0.25, 0.3) is 0 Å². The maximum atomic E-state index is 13.7. The van der Waals surface area contributed by atoms with Gasteiger partial charge in [-0.25, -0.2) is 8.42 Å². The fourth-order valence-corrected chi connectivity index (χ4v) is 6.69. The lowest BCUT2D eigenvalue weighted by molar-refractivity contribution is -0.114. The summed E-state index contributed by atoms with van der Waals surface area (Å²) in [4.78, 5) is 12.2. The largest absolute Gasteiger partial charge is 0.497 e. The van der Waals surface area contributed by atoms with Gasteiger partial charge in [-0.15, -0.1) is 0 Å². The smallest absolute Gasteiger partial charge is 0.243 e. The molecular formula is C28H22Cl4N2O5S. The van der Waals surface area contributed by atoms with Gasteiger partial charge >= 0.3 is 0 Å². The van der Waals surface area contributed by atoms with E-state index in [-0.39, 0.29) is 44.4 Å². The zero-order valence-corrected chi connectivity index (χ0v) is 24.7. The van der Waals surface area contributed by atoms with Gasteiger partial charge in [0.1, 0.15) is 28.0 Å². The third-order valence-electron chi connectivity index (χ3n) is 5.59. The number of hydrogen-bond donors (Lipinski definition) is 2. The van der Waals surface area contributed by atoms with E-state index in [2.05, 4.69) is 10.6 Å². The van der Waals surface area contributed by atoms with Gasteiger partial charge in [-0.3, -0.25) is 4.79 Å². The minimum Gasteiger partial charge on any atom is -0.497 e. The zero-order valence-electron chi connectivity index (χ0n) is 20.9. The Balaban J connectivity index is 1.68. The molecule has 0 aliphatic heterocycles. The Kier molecular flexibility index (Phi) is 9.71. The van der Waals surface area contributed by atoms with Crippen molar-refractivity contribution in [1.29, 1.82) is 0 Å². The molecule has 40 heavy (non-hydrogen) atoms. The van der Waals surface area contributed by atoms with Crippen LogP contribution >= 0.6 is 46.4 Å². The summed E-state index contributed by atoms with van der Waals surface area (Å²) in [5.41, 5.74) is 1.35. The normalized spacial score (nSPS) is 11.1. The third kappa shape index (κ3) is 7.13. The number of rotatable bonds is 10. The Hall–Kier alpha value is -3.14. The molecule has 0 aliphatic carbocycles. The van der Waals surface area contributed by atoms with E-state index >= 15 is 0 Å². The number of hydrogen-bond acceptors (Lipinski definition) is 6. The number of halogens is 4. The van der Waals surface area contributed by atoms with E-state index in [0.717, 1.165) is 5.56 Å². The average molecular weight is 640 g/mol. The number of sulfone groups is 1. The minimum absolute atomic E-state index is 0.0566. The van der Waals surface area contributed by atoms with E-state index in [1.54, 1.807) is 0 Å². The van der Waals surface area contributed by atoms with Crippen LogP contribution in [0.1, 0.15) is 5.56 Å². The second kappa shape index (κ2) is 13.0. The fraction of sp³-hybridized carbons (Fsp3) is 0.107. The predicted molar refractivity (Wildman–Crippen MR) is 159 cm³/mol. The van der Waals surface area contributed by atoms with Crippen molar-refractivity contribution in [2.24, 2.45) is 0 Å². The Morgan fingerprint density at radius 3 is 2.12 bits per heavy atom. The first-order valence-corrected chi connectivity index (χ1v) is 14.7. The van der Waals surface area contributed by atoms with Crippen molar-refractivity contribution in [2.75, 3.05) is 24.3 Å². The van der Waals surface area contributed by atoms with Crippen molar-refractivity contribution in [3.05, 3.63) is 105 Å². The summed E-state index contributed by atoms with van der Waals surface area (Å²) in [7, 11) is -2.75. The molecule has 4 rings (SSSR count). The molecule has 4 aromatic carbocycles. The molecule has 0 unspecified atom stereocenters. The highest BCUT2D eigenvalue weighted by atomic mass is 35.5. The lowest BCUT2D eigenvalue weighted by Gasteiger charge is -2.18. The number of amides is 1. The highest BCUT2D eigenvalue weighted by Crippen LogP contribution is 2.44. The number of methoxy groups -OCH3 is 1. The number of ether oxygens (including phenoxy) is 2. The van der Waals surface area contributed by atoms with Gasteiger partial charge in [0.05, 0.1) is 29.3 Å². The maximum absolute atomic E-state index is 13.7. The monoisotopic (exact) mass is 638 g/mol. The van der Waals surface area contributed by atoms with Crippen molar-refractivity contribution in [1.82, 2.24) is 0 Å². The maximum Gasteiger partial charge on any atom is 0.243 e. The molecule has 2 N–H and O–H groups in total. The molecule has 7 nitrogen and oxygen atoms in total. The van der Waals surface area contributed by atoms with Crippen LogP contribution in [0, 0.1) is 0 Å². The Morgan fingerprint density at radius 2 is 1.50 bits per heavy atom. The second-order valence-corrected chi connectivity index (χ2v) is 11.9. The number of carbonyl (C=O) groups is 1. The molecule has 0 bridgehead atoms. The van der Waals surface area contributed by atoms with Gasteiger partial charge in [0.2, 0.25) is 15.7 Å². The van der Waals surface area contributed by atoms with Crippen molar-refractivity contribution >= 4 is 73.5 Å². The molecule has 0 aliphatic rings. The molecule has 0 fully saturated rings. The lowest BCUT2D eigenvalue weighted by Crippen LogP contribution is -2.22. The first-order valence-electron chi connectivity index (χ1n) is 11.7. The molecule has 0 atom stereocenters. The van der Waals surface area contributed by atoms with Crippen LogP contribution < -0.4 is 20.1 Å². The lowest BCUT2D eigenvalue weighted by atomic mass is 10.2. The van der Waals surface area contributed by atoms with Gasteiger partial charge in [0.25, 0.3) is 0 Å². The fourth-order valence-electron chi connectivity index (χ4n) is 3.67. The van der Waals surface area contributed by atoms with Crippen LogP contribution in [0.15, 0.2) is 88.7 Å². The first-order chi connectivity index (χ1) is 19.1. The molecule has 0 radical (unpaired) electrons. The number of benzene rings is 4. The van der Waals surface area contributed by atoms with Gasteiger partial charge in [-0.2, -0.15) is 0 Å². The van der Waals surface area contributed by atoms with Crippen molar-refractivity contribution in [3.8, 4) is 11.5 Å². The molecule has 1 amide bonds. The predicted octanol–water partition coefficient (Wildman–Crippen LogP) is 7.77. The molecule has 12 heteroatoms. The number of nitrogens with one attached hydrogen (secondary N) is 2. The van der Waals surface area contributed by atoms with Crippen LogP contribution in [0.2, 0.25) is 20.1 Å². The summed E-state index contributed by atoms with van der Waals surface area (Å²) in [5.74, 6) is 0.0765. The Labute approximate surface area is 251 Å². The van der Waals surface area contributed by atoms with Gasteiger partial charge < -0.3 is 20.1 Å². The SMILES string of the molecule is COc1ccc(S(=O)(=O)c2c(Cl)c(NCC(=O)Nc3cc(Cl)cc(Cl)c3)cc(OCc3ccccc3)c2Cl)cc1. The van der Waals surface area contributed by atoms with Gasteiger partial charge in [-0.05, 0) is 48.0 Å². The van der Waals surface area contributed by atoms with E-state index in [0.29, 0.717) is 21.5 Å². The molecule has 4 aromatic rings. The van der Waals surface area contributed by atoms with E-state index in [9.17, 15) is 13.2 Å². The van der Waals surface area contributed by atoms with E-state index in [1.165, 1.54) is 55.6 Å². The number of anilines is 2. The van der Waals surface area contributed by atoms with Crippen molar-refractivity contribution in [2.45, 2.75) is 16.4 Å². The summed E-state index contributed by atoms with van der Waals surface area (Å²) >= 11 is 25.2. The van der Waals surface area contributed by atoms with Gasteiger partial charge in [0, 0.05) is 21.8 Å². The summed E-state index contributed by atoms with van der Waals surface area (Å²) in [6.07, 6.45) is 0. The van der Waals surface area contributed by atoms with Crippen LogP contribution in [0.5, 0.6) is 11.5 Å². The second-order valence-electron chi connectivity index (χ2n) is 8.39.